The second kappa shape index (κ2) is 13.2. The first kappa shape index (κ1) is 32.1. The quantitative estimate of drug-likeness (QED) is 0.190. The van der Waals surface area contributed by atoms with Crippen LogP contribution in [0.3, 0.4) is 0 Å². The number of alkyl carbamates (subject to hydrolysis) is 1. The molecule has 0 spiro atoms. The van der Waals surface area contributed by atoms with Gasteiger partial charge in [-0.2, -0.15) is 5.26 Å². The lowest BCUT2D eigenvalue weighted by Crippen LogP contribution is -2.35. The van der Waals surface area contributed by atoms with Gasteiger partial charge in [0.25, 0.3) is 0 Å². The summed E-state index contributed by atoms with van der Waals surface area (Å²) >= 11 is 5.56. The van der Waals surface area contributed by atoms with Crippen LogP contribution < -0.4 is 15.9 Å². The van der Waals surface area contributed by atoms with Crippen molar-refractivity contribution >= 4 is 43.0 Å². The molecular formula is C31H34N3O7PS. The van der Waals surface area contributed by atoms with Crippen LogP contribution in [0, 0.1) is 15.8 Å². The second-order valence-corrected chi connectivity index (χ2v) is 13.1. The van der Waals surface area contributed by atoms with Crippen LogP contribution in [0.2, 0.25) is 0 Å². The molecule has 2 amide bonds. The van der Waals surface area contributed by atoms with Crippen LogP contribution in [-0.4, -0.2) is 38.4 Å². The first-order valence-electron chi connectivity index (χ1n) is 13.8. The third kappa shape index (κ3) is 6.73. The molecule has 0 fully saturated rings. The monoisotopic (exact) mass is 623 g/mol. The first-order valence-corrected chi connectivity index (χ1v) is 15.8. The number of rotatable bonds is 10. The van der Waals surface area contributed by atoms with Crippen molar-refractivity contribution in [2.45, 2.75) is 46.0 Å². The molecule has 10 nitrogen and oxygen atoms in total. The Kier molecular flexibility index (Phi) is 9.88. The number of amides is 2. The molecule has 0 saturated heterocycles. The summed E-state index contributed by atoms with van der Waals surface area (Å²) < 4.78 is 36.1. The Bertz CT molecular complexity index is 1630. The van der Waals surface area contributed by atoms with Crippen molar-refractivity contribution in [1.29, 1.82) is 5.26 Å². The summed E-state index contributed by atoms with van der Waals surface area (Å²) in [7, 11) is -4.11. The molecule has 2 N–H and O–H groups in total. The lowest BCUT2D eigenvalue weighted by atomic mass is 9.90. The third-order valence-corrected chi connectivity index (χ3v) is 9.47. The van der Waals surface area contributed by atoms with Crippen LogP contribution in [0.1, 0.15) is 63.0 Å². The summed E-state index contributed by atoms with van der Waals surface area (Å²) in [6, 6.07) is 17.9. The van der Waals surface area contributed by atoms with Crippen LogP contribution in [0.4, 0.5) is 10.7 Å². The van der Waals surface area contributed by atoms with E-state index in [-0.39, 0.29) is 52.8 Å². The van der Waals surface area contributed by atoms with E-state index in [9.17, 15) is 19.4 Å². The lowest BCUT2D eigenvalue weighted by Gasteiger charge is -2.24. The molecule has 0 unspecified atom stereocenters. The summed E-state index contributed by atoms with van der Waals surface area (Å²) in [5.74, 6) is -0.946. The fraction of sp³-hybridized carbons (Fsp3) is 0.355. The Balaban J connectivity index is 1.52. The number of nitriles is 1. The van der Waals surface area contributed by atoms with Gasteiger partial charge in [-0.25, -0.2) is 4.79 Å². The average molecular weight is 624 g/mol. The average Bonchev–Trinajstić information content (AvgIpc) is 3.28. The van der Waals surface area contributed by atoms with Crippen molar-refractivity contribution in [3.8, 4) is 17.2 Å². The molecule has 0 saturated carbocycles. The van der Waals surface area contributed by atoms with Gasteiger partial charge in [0.05, 0.1) is 17.7 Å². The minimum absolute atomic E-state index is 0.00564. The van der Waals surface area contributed by atoms with E-state index in [0.29, 0.717) is 0 Å². The predicted molar refractivity (Wildman–Crippen MR) is 165 cm³/mol. The minimum atomic E-state index is -4.11. The number of fused-ring (bicyclic) bond motifs is 3. The van der Waals surface area contributed by atoms with E-state index in [1.54, 1.807) is 34.6 Å². The molecule has 1 aliphatic carbocycles. The van der Waals surface area contributed by atoms with Crippen molar-refractivity contribution in [3.05, 3.63) is 75.5 Å². The predicted octanol–water partition coefficient (Wildman–Crippen LogP) is 6.55. The van der Waals surface area contributed by atoms with Gasteiger partial charge in [-0.15, -0.1) is 0 Å². The normalized spacial score (nSPS) is 12.7. The summed E-state index contributed by atoms with van der Waals surface area (Å²) in [5, 5.41) is 14.6. The van der Waals surface area contributed by atoms with Crippen molar-refractivity contribution in [3.63, 3.8) is 0 Å². The molecule has 12 heteroatoms. The Morgan fingerprint density at radius 3 is 2.09 bits per heavy atom. The highest BCUT2D eigenvalue weighted by Gasteiger charge is 2.38. The SMILES string of the molecule is CCOP(=O)(OCC)c1c(NC(=O)CNC(=O)OCC2c3ccccc3-c3ccccc32)oc(C(C)(C)C)c(C#N)c1=S. The molecule has 1 aliphatic rings. The zero-order chi connectivity index (χ0) is 31.4. The molecule has 1 aromatic heterocycles. The molecule has 0 atom stereocenters. The smallest absolute Gasteiger partial charge is 0.407 e. The van der Waals surface area contributed by atoms with Crippen LogP contribution >= 0.6 is 19.8 Å². The number of benzene rings is 2. The number of ether oxygens (including phenoxy) is 1. The maximum atomic E-state index is 13.8. The molecule has 0 aliphatic heterocycles. The molecule has 226 valence electrons. The van der Waals surface area contributed by atoms with E-state index in [1.807, 2.05) is 54.6 Å². The molecular weight excluding hydrogens is 589 g/mol. The molecule has 4 rings (SSSR count). The maximum absolute atomic E-state index is 13.8. The fourth-order valence-electron chi connectivity index (χ4n) is 4.97. The Hall–Kier alpha value is -3.81. The summed E-state index contributed by atoms with van der Waals surface area (Å²) in [6.45, 7) is 8.25. The van der Waals surface area contributed by atoms with Gasteiger partial charge < -0.3 is 23.5 Å². The summed E-state index contributed by atoms with van der Waals surface area (Å²) in [5.41, 5.74) is 3.61. The van der Waals surface area contributed by atoms with Crippen molar-refractivity contribution in [1.82, 2.24) is 5.32 Å². The van der Waals surface area contributed by atoms with Gasteiger partial charge in [0.1, 0.15) is 35.8 Å². The van der Waals surface area contributed by atoms with Crippen LogP contribution in [0.5, 0.6) is 0 Å². The van der Waals surface area contributed by atoms with Crippen LogP contribution in [0.15, 0.2) is 52.9 Å². The molecule has 2 aromatic carbocycles. The fourth-order valence-corrected chi connectivity index (χ4v) is 7.26. The standard InChI is InChI=1S/C31H34N3O7PS/c1-6-39-42(37,40-7-2)26-27(43)23(16-32)28(31(3,4)5)41-29(26)34-25(35)17-33-30(36)38-18-24-21-14-10-8-12-19(21)20-13-9-11-15-22(20)24/h8-15,24H,6-7,17-18H2,1-5H3,(H,33,36)(H,34,35). The summed E-state index contributed by atoms with van der Waals surface area (Å²) in [4.78, 5) is 25.6. The van der Waals surface area contributed by atoms with Crippen molar-refractivity contribution in [2.24, 2.45) is 0 Å². The van der Waals surface area contributed by atoms with E-state index >= 15 is 0 Å². The molecule has 3 aromatic rings. The summed E-state index contributed by atoms with van der Waals surface area (Å²) in [6.07, 6.45) is -0.789. The van der Waals surface area contributed by atoms with E-state index in [2.05, 4.69) is 10.6 Å². The molecule has 0 radical (unpaired) electrons. The van der Waals surface area contributed by atoms with E-state index < -0.39 is 31.6 Å². The highest BCUT2D eigenvalue weighted by molar-refractivity contribution is 7.73. The number of anilines is 1. The van der Waals surface area contributed by atoms with Gasteiger partial charge >= 0.3 is 13.7 Å². The number of hydrogen-bond donors (Lipinski definition) is 2. The van der Waals surface area contributed by atoms with Gasteiger partial charge in [0, 0.05) is 11.3 Å². The highest BCUT2D eigenvalue weighted by atomic mass is 32.1. The number of nitrogens with one attached hydrogen (secondary N) is 2. The molecule has 0 bridgehead atoms. The van der Waals surface area contributed by atoms with E-state index in [0.717, 1.165) is 22.3 Å². The van der Waals surface area contributed by atoms with Crippen molar-refractivity contribution in [2.75, 3.05) is 31.7 Å². The third-order valence-electron chi connectivity index (χ3n) is 6.74. The number of nitrogens with zero attached hydrogens (tertiary/aromatic N) is 1. The van der Waals surface area contributed by atoms with Crippen LogP contribution in [0.25, 0.3) is 11.1 Å². The van der Waals surface area contributed by atoms with Gasteiger partial charge in [-0.1, -0.05) is 81.5 Å². The van der Waals surface area contributed by atoms with Crippen LogP contribution in [-0.2, 0) is 28.6 Å². The van der Waals surface area contributed by atoms with Gasteiger partial charge in [0.15, 0.2) is 0 Å². The molecule has 43 heavy (non-hydrogen) atoms. The minimum Gasteiger partial charge on any atom is -0.449 e. The van der Waals surface area contributed by atoms with E-state index in [4.69, 9.17) is 30.4 Å². The van der Waals surface area contributed by atoms with Gasteiger partial charge in [-0.3, -0.25) is 14.7 Å². The van der Waals surface area contributed by atoms with Gasteiger partial charge in [0.2, 0.25) is 11.8 Å². The highest BCUT2D eigenvalue weighted by Crippen LogP contribution is 2.50. The zero-order valence-electron chi connectivity index (χ0n) is 24.7. The largest absolute Gasteiger partial charge is 0.449 e. The Labute approximate surface area is 255 Å². The lowest BCUT2D eigenvalue weighted by molar-refractivity contribution is -0.115. The zero-order valence-corrected chi connectivity index (χ0v) is 26.4. The molecule has 1 heterocycles. The number of hydrogen-bond acceptors (Lipinski definition) is 9. The van der Waals surface area contributed by atoms with Gasteiger partial charge in [-0.05, 0) is 36.1 Å². The number of carbonyl (C=O) groups is 2. The van der Waals surface area contributed by atoms with E-state index in [1.165, 1.54) is 0 Å². The Morgan fingerprint density at radius 1 is 1.02 bits per heavy atom. The Morgan fingerprint density at radius 2 is 1.58 bits per heavy atom. The number of carbonyl (C=O) groups excluding carboxylic acids is 2. The maximum Gasteiger partial charge on any atom is 0.407 e. The second-order valence-electron chi connectivity index (χ2n) is 10.7. The topological polar surface area (TPSA) is 140 Å². The van der Waals surface area contributed by atoms with Crippen molar-refractivity contribution < 1.29 is 32.4 Å². The first-order chi connectivity index (χ1) is 20.4.